The number of aromatic nitrogens is 4. The van der Waals surface area contributed by atoms with Gasteiger partial charge in [-0.25, -0.2) is 4.98 Å². The van der Waals surface area contributed by atoms with Crippen LogP contribution in [0.25, 0.3) is 32.1 Å². The van der Waals surface area contributed by atoms with Crippen molar-refractivity contribution in [3.63, 3.8) is 0 Å². The van der Waals surface area contributed by atoms with Gasteiger partial charge in [-0.3, -0.25) is 19.5 Å². The van der Waals surface area contributed by atoms with E-state index in [1.807, 2.05) is 42.6 Å². The summed E-state index contributed by atoms with van der Waals surface area (Å²) < 4.78 is 1.37. The largest absolute Gasteiger partial charge is 0.299 e. The van der Waals surface area contributed by atoms with Gasteiger partial charge in [0.2, 0.25) is 11.0 Å². The lowest BCUT2D eigenvalue weighted by molar-refractivity contribution is -0.118. The standard InChI is InChI=1S/C23H19N5O2S2/c1-3-18-26-27-23(32-18)25-20(29)13(2)28-12-24-21-19(22(28)30)17(11-31-21)16-9-8-14-6-4-5-7-15(14)10-16/h4-13H,3H2,1-2H3,(H,25,27,29). The van der Waals surface area contributed by atoms with Crippen LogP contribution in [0.15, 0.2) is 59.0 Å². The van der Waals surface area contributed by atoms with Gasteiger partial charge in [0.15, 0.2) is 0 Å². The van der Waals surface area contributed by atoms with E-state index in [1.54, 1.807) is 6.92 Å². The van der Waals surface area contributed by atoms with E-state index < -0.39 is 6.04 Å². The average Bonchev–Trinajstić information content (AvgIpc) is 3.46. The number of thiophene rings is 1. The molecule has 160 valence electrons. The van der Waals surface area contributed by atoms with Crippen molar-refractivity contribution < 1.29 is 4.79 Å². The molecule has 0 aliphatic heterocycles. The van der Waals surface area contributed by atoms with Crippen molar-refractivity contribution in [3.8, 4) is 11.1 Å². The van der Waals surface area contributed by atoms with Crippen molar-refractivity contribution in [3.05, 3.63) is 69.5 Å². The van der Waals surface area contributed by atoms with Gasteiger partial charge in [-0.1, -0.05) is 54.7 Å². The van der Waals surface area contributed by atoms with E-state index in [-0.39, 0.29) is 11.5 Å². The number of hydrogen-bond donors (Lipinski definition) is 1. The van der Waals surface area contributed by atoms with Crippen LogP contribution in [-0.4, -0.2) is 25.7 Å². The highest BCUT2D eigenvalue weighted by atomic mass is 32.1. The van der Waals surface area contributed by atoms with Crippen molar-refractivity contribution in [2.45, 2.75) is 26.3 Å². The fourth-order valence-electron chi connectivity index (χ4n) is 3.57. The topological polar surface area (TPSA) is 89.8 Å². The summed E-state index contributed by atoms with van der Waals surface area (Å²) in [6.45, 7) is 3.65. The predicted molar refractivity (Wildman–Crippen MR) is 129 cm³/mol. The van der Waals surface area contributed by atoms with Crippen LogP contribution >= 0.6 is 22.7 Å². The first-order valence-corrected chi connectivity index (χ1v) is 11.9. The van der Waals surface area contributed by atoms with E-state index in [1.165, 1.54) is 33.6 Å². The van der Waals surface area contributed by atoms with Crippen LogP contribution in [0.2, 0.25) is 0 Å². The highest BCUT2D eigenvalue weighted by molar-refractivity contribution is 7.17. The van der Waals surface area contributed by atoms with Gasteiger partial charge < -0.3 is 0 Å². The summed E-state index contributed by atoms with van der Waals surface area (Å²) in [5.41, 5.74) is 1.53. The minimum absolute atomic E-state index is 0.242. The number of carbonyl (C=O) groups is 1. The number of fused-ring (bicyclic) bond motifs is 2. The number of carbonyl (C=O) groups excluding carboxylic acids is 1. The number of nitrogens with zero attached hydrogens (tertiary/aromatic N) is 4. The molecule has 0 radical (unpaired) electrons. The molecule has 32 heavy (non-hydrogen) atoms. The molecule has 0 bridgehead atoms. The zero-order valence-corrected chi connectivity index (χ0v) is 19.0. The van der Waals surface area contributed by atoms with Crippen molar-refractivity contribution >= 4 is 54.7 Å². The number of amides is 1. The Kier molecular flexibility index (Phi) is 5.28. The molecule has 3 heterocycles. The first-order valence-electron chi connectivity index (χ1n) is 10.2. The predicted octanol–water partition coefficient (Wildman–Crippen LogP) is 4.89. The van der Waals surface area contributed by atoms with Gasteiger partial charge in [-0.2, -0.15) is 0 Å². The summed E-state index contributed by atoms with van der Waals surface area (Å²) in [6, 6.07) is 13.5. The first-order chi connectivity index (χ1) is 15.5. The Morgan fingerprint density at radius 1 is 1.16 bits per heavy atom. The third-order valence-electron chi connectivity index (χ3n) is 5.38. The van der Waals surface area contributed by atoms with Crippen LogP contribution in [0.4, 0.5) is 5.13 Å². The van der Waals surface area contributed by atoms with E-state index in [2.05, 4.69) is 32.6 Å². The van der Waals surface area contributed by atoms with Crippen LogP contribution in [0.5, 0.6) is 0 Å². The van der Waals surface area contributed by atoms with Gasteiger partial charge in [-0.05, 0) is 35.7 Å². The molecular formula is C23H19N5O2S2. The quantitative estimate of drug-likeness (QED) is 0.402. The summed E-state index contributed by atoms with van der Waals surface area (Å²) in [5.74, 6) is -0.338. The summed E-state index contributed by atoms with van der Waals surface area (Å²) in [5, 5.41) is 16.7. The van der Waals surface area contributed by atoms with Crippen LogP contribution in [0.1, 0.15) is 24.9 Å². The van der Waals surface area contributed by atoms with Gasteiger partial charge in [0.05, 0.1) is 11.7 Å². The van der Waals surface area contributed by atoms with E-state index in [4.69, 9.17) is 0 Å². The molecule has 0 aliphatic rings. The normalized spacial score (nSPS) is 12.3. The van der Waals surface area contributed by atoms with E-state index >= 15 is 0 Å². The van der Waals surface area contributed by atoms with Crippen molar-refractivity contribution in [1.29, 1.82) is 0 Å². The van der Waals surface area contributed by atoms with Gasteiger partial charge >= 0.3 is 0 Å². The Labute approximate surface area is 191 Å². The minimum atomic E-state index is -0.752. The second kappa shape index (κ2) is 8.25. The highest BCUT2D eigenvalue weighted by Crippen LogP contribution is 2.32. The Morgan fingerprint density at radius 3 is 2.75 bits per heavy atom. The molecule has 5 rings (SSSR count). The minimum Gasteiger partial charge on any atom is -0.299 e. The van der Waals surface area contributed by atoms with Gasteiger partial charge in [0.1, 0.15) is 15.9 Å². The molecule has 9 heteroatoms. The summed E-state index contributed by atoms with van der Waals surface area (Å²) in [4.78, 5) is 31.3. The molecule has 0 fully saturated rings. The molecule has 1 N–H and O–H groups in total. The molecule has 0 aliphatic carbocycles. The van der Waals surface area contributed by atoms with Crippen LogP contribution in [-0.2, 0) is 11.2 Å². The van der Waals surface area contributed by atoms with Gasteiger partial charge in [-0.15, -0.1) is 21.5 Å². The van der Waals surface area contributed by atoms with Crippen LogP contribution in [0, 0.1) is 0 Å². The smallest absolute Gasteiger partial charge is 0.263 e. The maximum atomic E-state index is 13.4. The lowest BCUT2D eigenvalue weighted by Gasteiger charge is -2.14. The molecular weight excluding hydrogens is 442 g/mol. The number of aryl methyl sites for hydroxylation is 1. The van der Waals surface area contributed by atoms with E-state index in [9.17, 15) is 9.59 Å². The van der Waals surface area contributed by atoms with E-state index in [0.29, 0.717) is 15.3 Å². The molecule has 1 unspecified atom stereocenters. The summed E-state index contributed by atoms with van der Waals surface area (Å²) >= 11 is 2.75. The van der Waals surface area contributed by atoms with Crippen molar-refractivity contribution in [2.24, 2.45) is 0 Å². The molecule has 0 spiro atoms. The summed E-state index contributed by atoms with van der Waals surface area (Å²) in [7, 11) is 0. The van der Waals surface area contributed by atoms with E-state index in [0.717, 1.165) is 33.3 Å². The van der Waals surface area contributed by atoms with Gasteiger partial charge in [0.25, 0.3) is 5.56 Å². The maximum Gasteiger partial charge on any atom is 0.263 e. The lowest BCUT2D eigenvalue weighted by Crippen LogP contribution is -2.31. The molecule has 1 atom stereocenters. The zero-order chi connectivity index (χ0) is 22.2. The first kappa shape index (κ1) is 20.5. The molecule has 7 nitrogen and oxygen atoms in total. The Balaban J connectivity index is 1.53. The fraction of sp³-hybridized carbons (Fsp3) is 0.174. The molecule has 5 aromatic rings. The fourth-order valence-corrected chi connectivity index (χ4v) is 5.16. The Hall–Kier alpha value is -3.43. The maximum absolute atomic E-state index is 13.4. The van der Waals surface area contributed by atoms with Gasteiger partial charge in [0, 0.05) is 10.9 Å². The third-order valence-corrected chi connectivity index (χ3v) is 7.25. The molecule has 0 saturated carbocycles. The van der Waals surface area contributed by atoms with Crippen LogP contribution in [0.3, 0.4) is 0 Å². The van der Waals surface area contributed by atoms with Crippen molar-refractivity contribution in [1.82, 2.24) is 19.7 Å². The number of rotatable bonds is 5. The Morgan fingerprint density at radius 2 is 1.97 bits per heavy atom. The number of anilines is 1. The highest BCUT2D eigenvalue weighted by Gasteiger charge is 2.21. The Bertz CT molecular complexity index is 1520. The molecule has 0 saturated heterocycles. The van der Waals surface area contributed by atoms with Crippen molar-refractivity contribution in [2.75, 3.05) is 5.32 Å². The number of hydrogen-bond acceptors (Lipinski definition) is 7. The summed E-state index contributed by atoms with van der Waals surface area (Å²) in [6.07, 6.45) is 2.19. The monoisotopic (exact) mass is 461 g/mol. The number of benzene rings is 2. The molecule has 2 aromatic carbocycles. The second-order valence-electron chi connectivity index (χ2n) is 7.37. The molecule has 1 amide bonds. The number of nitrogens with one attached hydrogen (secondary N) is 1. The average molecular weight is 462 g/mol. The lowest BCUT2D eigenvalue weighted by atomic mass is 10.0. The van der Waals surface area contributed by atoms with Crippen LogP contribution < -0.4 is 10.9 Å². The third kappa shape index (κ3) is 3.59. The second-order valence-corrected chi connectivity index (χ2v) is 9.29. The zero-order valence-electron chi connectivity index (χ0n) is 17.4. The molecule has 3 aromatic heterocycles. The SMILES string of the molecule is CCc1nnc(NC(=O)C(C)n2cnc3scc(-c4ccc5ccccc5c4)c3c2=O)s1.